The number of ether oxygens (including phenoxy) is 1. The molecule has 1 saturated heterocycles. The van der Waals surface area contributed by atoms with Crippen LogP contribution in [-0.4, -0.2) is 51.1 Å². The number of carbonyl (C=O) groups is 1. The highest BCUT2D eigenvalue weighted by atomic mass is 32.2. The molecule has 0 spiro atoms. The van der Waals surface area contributed by atoms with Gasteiger partial charge in [-0.25, -0.2) is 13.1 Å². The highest BCUT2D eigenvalue weighted by Crippen LogP contribution is 2.17. The molecule has 0 saturated carbocycles. The van der Waals surface area contributed by atoms with Crippen LogP contribution in [0.5, 0.6) is 0 Å². The minimum absolute atomic E-state index is 0.00194. The van der Waals surface area contributed by atoms with E-state index in [0.717, 1.165) is 0 Å². The molecule has 0 aliphatic carbocycles. The van der Waals surface area contributed by atoms with Gasteiger partial charge in [0.05, 0.1) is 23.6 Å². The molecule has 0 bridgehead atoms. The zero-order chi connectivity index (χ0) is 17.0. The predicted octanol–water partition coefficient (Wildman–Crippen LogP) is 1.40. The number of nitrogens with zero attached hydrogens (tertiary/aromatic N) is 1. The van der Waals surface area contributed by atoms with Crippen molar-refractivity contribution < 1.29 is 17.9 Å². The summed E-state index contributed by atoms with van der Waals surface area (Å²) < 4.78 is 31.9. The van der Waals surface area contributed by atoms with Gasteiger partial charge in [0.25, 0.3) is 5.91 Å². The zero-order valence-electron chi connectivity index (χ0n) is 13.4. The van der Waals surface area contributed by atoms with Crippen LogP contribution < -0.4 is 4.72 Å². The number of sulfonamides is 1. The van der Waals surface area contributed by atoms with E-state index in [-0.39, 0.29) is 29.5 Å². The summed E-state index contributed by atoms with van der Waals surface area (Å²) in [6, 6.07) is 5.95. The Morgan fingerprint density at radius 2 is 2.04 bits per heavy atom. The largest absolute Gasteiger partial charge is 0.375 e. The second-order valence-corrected chi connectivity index (χ2v) is 7.38. The maximum Gasteiger partial charge on any atom is 0.254 e. The Morgan fingerprint density at radius 3 is 2.65 bits per heavy atom. The lowest BCUT2D eigenvalue weighted by atomic mass is 10.1. The van der Waals surface area contributed by atoms with E-state index in [2.05, 4.69) is 11.3 Å². The lowest BCUT2D eigenvalue weighted by Crippen LogP contribution is -2.50. The van der Waals surface area contributed by atoms with Gasteiger partial charge in [-0.05, 0) is 38.1 Å². The Labute approximate surface area is 137 Å². The van der Waals surface area contributed by atoms with Crippen molar-refractivity contribution in [3.8, 4) is 0 Å². The van der Waals surface area contributed by atoms with Crippen molar-refractivity contribution in [3.63, 3.8) is 0 Å². The van der Waals surface area contributed by atoms with E-state index in [0.29, 0.717) is 18.7 Å². The summed E-state index contributed by atoms with van der Waals surface area (Å²) >= 11 is 0. The Balaban J connectivity index is 2.15. The number of amides is 1. The maximum atomic E-state index is 12.6. The smallest absolute Gasteiger partial charge is 0.254 e. The summed E-state index contributed by atoms with van der Waals surface area (Å²) in [7, 11) is -3.58. The van der Waals surface area contributed by atoms with Crippen LogP contribution in [0.3, 0.4) is 0 Å². The minimum atomic E-state index is -3.58. The molecule has 1 aliphatic rings. The molecule has 6 nitrogen and oxygen atoms in total. The average molecular weight is 338 g/mol. The number of nitrogens with one attached hydrogen (secondary N) is 1. The summed E-state index contributed by atoms with van der Waals surface area (Å²) in [6.07, 6.45) is 1.47. The number of morpholine rings is 1. The molecule has 1 aromatic rings. The van der Waals surface area contributed by atoms with E-state index in [1.165, 1.54) is 30.3 Å². The van der Waals surface area contributed by atoms with Crippen LogP contribution in [0, 0.1) is 0 Å². The van der Waals surface area contributed by atoms with Crippen molar-refractivity contribution in [3.05, 3.63) is 42.5 Å². The van der Waals surface area contributed by atoms with Crippen molar-refractivity contribution in [1.29, 1.82) is 0 Å². The highest BCUT2D eigenvalue weighted by molar-refractivity contribution is 7.89. The average Bonchev–Trinajstić information content (AvgIpc) is 2.54. The summed E-state index contributed by atoms with van der Waals surface area (Å²) in [5, 5.41) is 0. The van der Waals surface area contributed by atoms with Crippen LogP contribution in [0.2, 0.25) is 0 Å². The molecule has 1 N–H and O–H groups in total. The molecule has 1 aliphatic heterocycles. The maximum absolute atomic E-state index is 12.6. The molecule has 1 amide bonds. The van der Waals surface area contributed by atoms with Gasteiger partial charge < -0.3 is 9.64 Å². The van der Waals surface area contributed by atoms with Crippen molar-refractivity contribution in [2.75, 3.05) is 19.7 Å². The first-order valence-electron chi connectivity index (χ1n) is 7.48. The molecule has 0 aromatic heterocycles. The summed E-state index contributed by atoms with van der Waals surface area (Å²) in [5.74, 6) is -0.115. The van der Waals surface area contributed by atoms with E-state index in [1.54, 1.807) is 4.90 Å². The third kappa shape index (κ3) is 4.19. The van der Waals surface area contributed by atoms with Gasteiger partial charge >= 0.3 is 0 Å². The highest BCUT2D eigenvalue weighted by Gasteiger charge is 2.28. The quantitative estimate of drug-likeness (QED) is 0.824. The molecule has 1 aromatic carbocycles. The number of rotatable bonds is 5. The fourth-order valence-electron chi connectivity index (χ4n) is 2.38. The normalized spacial score (nSPS) is 21.9. The molecule has 2 rings (SSSR count). The van der Waals surface area contributed by atoms with E-state index in [4.69, 9.17) is 4.74 Å². The monoisotopic (exact) mass is 338 g/mol. The van der Waals surface area contributed by atoms with Gasteiger partial charge in [0.1, 0.15) is 0 Å². The second-order valence-electron chi connectivity index (χ2n) is 5.62. The standard InChI is InChI=1S/C16H22N2O4S/c1-4-9-17-23(20,21)15-7-5-14(6-8-15)16(19)18-10-13(3)22-11-12(18)2/h4-8,12-13,17H,1,9-11H2,2-3H3. The van der Waals surface area contributed by atoms with Crippen molar-refractivity contribution >= 4 is 15.9 Å². The van der Waals surface area contributed by atoms with Crippen LogP contribution >= 0.6 is 0 Å². The van der Waals surface area contributed by atoms with E-state index in [9.17, 15) is 13.2 Å². The third-order valence-corrected chi connectivity index (χ3v) is 5.14. The van der Waals surface area contributed by atoms with Gasteiger partial charge in [-0.1, -0.05) is 6.08 Å². The van der Waals surface area contributed by atoms with Crippen molar-refractivity contribution in [1.82, 2.24) is 9.62 Å². The first-order chi connectivity index (χ1) is 10.8. The SMILES string of the molecule is C=CCNS(=O)(=O)c1ccc(C(=O)N2CC(C)OCC2C)cc1. The lowest BCUT2D eigenvalue weighted by Gasteiger charge is -2.36. The minimum Gasteiger partial charge on any atom is -0.375 e. The van der Waals surface area contributed by atoms with Crippen LogP contribution in [0.4, 0.5) is 0 Å². The van der Waals surface area contributed by atoms with Crippen molar-refractivity contribution in [2.24, 2.45) is 0 Å². The molecule has 126 valence electrons. The van der Waals surface area contributed by atoms with E-state index in [1.807, 2.05) is 13.8 Å². The number of benzene rings is 1. The van der Waals surface area contributed by atoms with Crippen LogP contribution in [0.1, 0.15) is 24.2 Å². The summed E-state index contributed by atoms with van der Waals surface area (Å²) in [6.45, 7) is 8.52. The Bertz CT molecular complexity index is 670. The Morgan fingerprint density at radius 1 is 1.39 bits per heavy atom. The molecule has 23 heavy (non-hydrogen) atoms. The first-order valence-corrected chi connectivity index (χ1v) is 8.96. The molecule has 7 heteroatoms. The van der Waals surface area contributed by atoms with Gasteiger partial charge in [-0.2, -0.15) is 0 Å². The topological polar surface area (TPSA) is 75.7 Å². The second kappa shape index (κ2) is 7.25. The van der Waals surface area contributed by atoms with Gasteiger partial charge in [-0.15, -0.1) is 6.58 Å². The predicted molar refractivity (Wildman–Crippen MR) is 87.7 cm³/mol. The van der Waals surface area contributed by atoms with Gasteiger partial charge in [0, 0.05) is 18.7 Å². The third-order valence-electron chi connectivity index (χ3n) is 3.70. The number of hydrogen-bond donors (Lipinski definition) is 1. The van der Waals surface area contributed by atoms with Crippen LogP contribution in [-0.2, 0) is 14.8 Å². The lowest BCUT2D eigenvalue weighted by molar-refractivity contribution is -0.0387. The van der Waals surface area contributed by atoms with Crippen LogP contribution in [0.15, 0.2) is 41.8 Å². The molecule has 0 radical (unpaired) electrons. The fraction of sp³-hybridized carbons (Fsp3) is 0.438. The molecule has 2 atom stereocenters. The van der Waals surface area contributed by atoms with Gasteiger partial charge in [-0.3, -0.25) is 4.79 Å². The van der Waals surface area contributed by atoms with E-state index >= 15 is 0 Å². The Kier molecular flexibility index (Phi) is 5.56. The molecule has 2 unspecified atom stereocenters. The number of hydrogen-bond acceptors (Lipinski definition) is 4. The number of carbonyl (C=O) groups excluding carboxylic acids is 1. The van der Waals surface area contributed by atoms with Crippen molar-refractivity contribution in [2.45, 2.75) is 30.9 Å². The zero-order valence-corrected chi connectivity index (χ0v) is 14.2. The molecular formula is C16H22N2O4S. The first kappa shape index (κ1) is 17.7. The Hall–Kier alpha value is -1.70. The summed E-state index contributed by atoms with van der Waals surface area (Å²) in [5.41, 5.74) is 0.466. The molecule has 1 heterocycles. The molecular weight excluding hydrogens is 316 g/mol. The van der Waals surface area contributed by atoms with Gasteiger partial charge in [0.2, 0.25) is 10.0 Å². The summed E-state index contributed by atoms with van der Waals surface area (Å²) in [4.78, 5) is 14.5. The fourth-order valence-corrected chi connectivity index (χ4v) is 3.38. The van der Waals surface area contributed by atoms with Crippen LogP contribution in [0.25, 0.3) is 0 Å². The van der Waals surface area contributed by atoms with Gasteiger partial charge in [0.15, 0.2) is 0 Å². The molecule has 1 fully saturated rings. The van der Waals surface area contributed by atoms with E-state index < -0.39 is 10.0 Å².